The monoisotopic (exact) mass is 307 g/mol. The Morgan fingerprint density at radius 1 is 1.38 bits per heavy atom. The third kappa shape index (κ3) is 3.14. The van der Waals surface area contributed by atoms with Crippen molar-refractivity contribution in [3.63, 3.8) is 0 Å². The van der Waals surface area contributed by atoms with Gasteiger partial charge in [0.05, 0.1) is 19.8 Å². The molecule has 0 saturated carbocycles. The van der Waals surface area contributed by atoms with Gasteiger partial charge in [-0.2, -0.15) is 0 Å². The van der Waals surface area contributed by atoms with Gasteiger partial charge in [-0.1, -0.05) is 11.6 Å². The van der Waals surface area contributed by atoms with Crippen molar-refractivity contribution in [1.82, 2.24) is 15.2 Å². The number of rotatable bonds is 2. The van der Waals surface area contributed by atoms with Crippen LogP contribution in [-0.2, 0) is 11.3 Å². The molecule has 0 bridgehead atoms. The number of aromatic amines is 1. The van der Waals surface area contributed by atoms with Crippen LogP contribution in [0.25, 0.3) is 10.9 Å². The van der Waals surface area contributed by atoms with Crippen molar-refractivity contribution < 1.29 is 9.53 Å². The molecule has 1 aromatic carbocycles. The molecule has 1 saturated heterocycles. The normalized spacial score (nSPS) is 15.4. The van der Waals surface area contributed by atoms with E-state index in [1.807, 2.05) is 25.1 Å². The van der Waals surface area contributed by atoms with E-state index in [1.165, 1.54) is 0 Å². The molecule has 0 unspecified atom stereocenters. The van der Waals surface area contributed by atoms with Gasteiger partial charge < -0.3 is 19.9 Å². The Morgan fingerprint density at radius 2 is 2.14 bits per heavy atom. The van der Waals surface area contributed by atoms with Gasteiger partial charge in [0.2, 0.25) is 0 Å². The molecule has 1 aliphatic rings. The molecule has 1 aromatic heterocycles. The molecular weight excluding hydrogens is 290 g/mol. The highest BCUT2D eigenvalue weighted by molar-refractivity contribution is 6.32. The third-order valence-corrected chi connectivity index (χ3v) is 4.09. The number of aromatic nitrogens is 1. The molecule has 2 heterocycles. The van der Waals surface area contributed by atoms with Crippen molar-refractivity contribution in [2.24, 2.45) is 0 Å². The Kier molecular flexibility index (Phi) is 4.03. The molecule has 2 N–H and O–H groups in total. The molecule has 2 aromatic rings. The van der Waals surface area contributed by atoms with Gasteiger partial charge in [0.25, 0.3) is 0 Å². The van der Waals surface area contributed by atoms with Gasteiger partial charge in [-0.05, 0) is 30.7 Å². The lowest BCUT2D eigenvalue weighted by atomic mass is 10.2. The van der Waals surface area contributed by atoms with Gasteiger partial charge in [0.15, 0.2) is 0 Å². The second-order valence-electron chi connectivity index (χ2n) is 5.24. The number of morpholine rings is 1. The number of ether oxygens (including phenoxy) is 1. The number of benzene rings is 1. The Labute approximate surface area is 128 Å². The smallest absolute Gasteiger partial charge is 0.317 e. The number of hydrogen-bond acceptors (Lipinski definition) is 2. The molecule has 6 heteroatoms. The Bertz CT molecular complexity index is 623. The molecule has 2 amide bonds. The number of nitrogens with one attached hydrogen (secondary N) is 2. The molecule has 0 radical (unpaired) electrons. The van der Waals surface area contributed by atoms with Crippen LogP contribution in [0.2, 0.25) is 5.02 Å². The Morgan fingerprint density at radius 3 is 2.90 bits per heavy atom. The first kappa shape index (κ1) is 14.2. The first-order chi connectivity index (χ1) is 10.1. The highest BCUT2D eigenvalue weighted by Gasteiger charge is 2.16. The molecule has 112 valence electrons. The highest BCUT2D eigenvalue weighted by Crippen LogP contribution is 2.23. The SMILES string of the molecule is Cc1cc2[nH]c(CNC(=O)N3CCOCC3)cc2cc1Cl. The van der Waals surface area contributed by atoms with Crippen LogP contribution in [0, 0.1) is 6.92 Å². The van der Waals surface area contributed by atoms with Crippen LogP contribution in [0.5, 0.6) is 0 Å². The summed E-state index contributed by atoms with van der Waals surface area (Å²) >= 11 is 6.12. The van der Waals surface area contributed by atoms with E-state index in [2.05, 4.69) is 10.3 Å². The van der Waals surface area contributed by atoms with Crippen LogP contribution in [-0.4, -0.2) is 42.2 Å². The Balaban J connectivity index is 1.66. The minimum absolute atomic E-state index is 0.0498. The molecule has 3 rings (SSSR count). The Hall–Kier alpha value is -1.72. The fourth-order valence-electron chi connectivity index (χ4n) is 2.47. The van der Waals surface area contributed by atoms with E-state index in [-0.39, 0.29) is 6.03 Å². The first-order valence-corrected chi connectivity index (χ1v) is 7.39. The second kappa shape index (κ2) is 5.95. The quantitative estimate of drug-likeness (QED) is 0.896. The molecule has 0 atom stereocenters. The van der Waals surface area contributed by atoms with E-state index in [1.54, 1.807) is 4.90 Å². The number of carbonyl (C=O) groups excluding carboxylic acids is 1. The molecule has 1 aliphatic heterocycles. The fourth-order valence-corrected chi connectivity index (χ4v) is 2.64. The van der Waals surface area contributed by atoms with Crippen molar-refractivity contribution in [2.75, 3.05) is 26.3 Å². The molecule has 5 nitrogen and oxygen atoms in total. The summed E-state index contributed by atoms with van der Waals surface area (Å²) in [5.74, 6) is 0. The molecule has 0 spiro atoms. The van der Waals surface area contributed by atoms with Crippen molar-refractivity contribution >= 4 is 28.5 Å². The highest BCUT2D eigenvalue weighted by atomic mass is 35.5. The number of H-pyrrole nitrogens is 1. The lowest BCUT2D eigenvalue weighted by Gasteiger charge is -2.26. The summed E-state index contributed by atoms with van der Waals surface area (Å²) in [6.07, 6.45) is 0. The van der Waals surface area contributed by atoms with Crippen LogP contribution in [0.1, 0.15) is 11.3 Å². The van der Waals surface area contributed by atoms with Gasteiger partial charge in [0, 0.05) is 34.7 Å². The second-order valence-corrected chi connectivity index (χ2v) is 5.65. The summed E-state index contributed by atoms with van der Waals surface area (Å²) in [5.41, 5.74) is 3.04. The van der Waals surface area contributed by atoms with Crippen molar-refractivity contribution in [1.29, 1.82) is 0 Å². The molecular formula is C15H18ClN3O2. The number of fused-ring (bicyclic) bond motifs is 1. The predicted molar refractivity (Wildman–Crippen MR) is 82.7 cm³/mol. The average Bonchev–Trinajstić information content (AvgIpc) is 2.88. The standard InChI is InChI=1S/C15H18ClN3O2/c1-10-6-14-11(8-13(10)16)7-12(18-14)9-17-15(20)19-2-4-21-5-3-19/h6-8,18H,2-5,9H2,1H3,(H,17,20). The van der Waals surface area contributed by atoms with Gasteiger partial charge >= 0.3 is 6.03 Å². The summed E-state index contributed by atoms with van der Waals surface area (Å²) in [7, 11) is 0. The van der Waals surface area contributed by atoms with Crippen molar-refractivity contribution in [3.05, 3.63) is 34.5 Å². The zero-order valence-electron chi connectivity index (χ0n) is 11.9. The number of amides is 2. The predicted octanol–water partition coefficient (Wildman–Crippen LogP) is 2.67. The van der Waals surface area contributed by atoms with Crippen molar-refractivity contribution in [3.8, 4) is 0 Å². The average molecular weight is 308 g/mol. The number of carbonyl (C=O) groups is 1. The largest absolute Gasteiger partial charge is 0.378 e. The summed E-state index contributed by atoms with van der Waals surface area (Å²) in [4.78, 5) is 17.1. The van der Waals surface area contributed by atoms with Gasteiger partial charge in [-0.3, -0.25) is 0 Å². The van der Waals surface area contributed by atoms with Crippen LogP contribution >= 0.6 is 11.6 Å². The number of aryl methyl sites for hydroxylation is 1. The summed E-state index contributed by atoms with van der Waals surface area (Å²) in [5, 5.41) is 4.74. The van der Waals surface area contributed by atoms with Crippen LogP contribution < -0.4 is 5.32 Å². The number of nitrogens with zero attached hydrogens (tertiary/aromatic N) is 1. The maximum atomic E-state index is 12.0. The van der Waals surface area contributed by atoms with E-state index in [4.69, 9.17) is 16.3 Å². The molecule has 21 heavy (non-hydrogen) atoms. The molecule has 1 fully saturated rings. The van der Waals surface area contributed by atoms with E-state index < -0.39 is 0 Å². The third-order valence-electron chi connectivity index (χ3n) is 3.68. The van der Waals surface area contributed by atoms with Gasteiger partial charge in [-0.25, -0.2) is 4.79 Å². The maximum Gasteiger partial charge on any atom is 0.317 e. The summed E-state index contributed by atoms with van der Waals surface area (Å²) in [6, 6.07) is 5.92. The van der Waals surface area contributed by atoms with E-state index >= 15 is 0 Å². The van der Waals surface area contributed by atoms with Crippen LogP contribution in [0.3, 0.4) is 0 Å². The van der Waals surface area contributed by atoms with E-state index in [0.29, 0.717) is 32.8 Å². The van der Waals surface area contributed by atoms with E-state index in [9.17, 15) is 4.79 Å². The van der Waals surface area contributed by atoms with Crippen LogP contribution in [0.15, 0.2) is 18.2 Å². The lowest BCUT2D eigenvalue weighted by molar-refractivity contribution is 0.0531. The summed E-state index contributed by atoms with van der Waals surface area (Å²) in [6.45, 7) is 4.96. The lowest BCUT2D eigenvalue weighted by Crippen LogP contribution is -2.45. The summed E-state index contributed by atoms with van der Waals surface area (Å²) < 4.78 is 5.23. The van der Waals surface area contributed by atoms with Crippen molar-refractivity contribution in [2.45, 2.75) is 13.5 Å². The zero-order valence-corrected chi connectivity index (χ0v) is 12.7. The molecule has 0 aliphatic carbocycles. The maximum absolute atomic E-state index is 12.0. The van der Waals surface area contributed by atoms with E-state index in [0.717, 1.165) is 27.2 Å². The number of halogens is 1. The minimum atomic E-state index is -0.0498. The minimum Gasteiger partial charge on any atom is -0.378 e. The van der Waals surface area contributed by atoms with Gasteiger partial charge in [0.1, 0.15) is 0 Å². The topological polar surface area (TPSA) is 57.4 Å². The fraction of sp³-hybridized carbons (Fsp3) is 0.400. The number of urea groups is 1. The zero-order chi connectivity index (χ0) is 14.8. The first-order valence-electron chi connectivity index (χ1n) is 7.02. The number of hydrogen-bond donors (Lipinski definition) is 2. The van der Waals surface area contributed by atoms with Crippen LogP contribution in [0.4, 0.5) is 4.79 Å². The van der Waals surface area contributed by atoms with Gasteiger partial charge in [-0.15, -0.1) is 0 Å².